The molecule has 0 aliphatic heterocycles. The largest absolute Gasteiger partial charge is 0.398 e. The zero-order valence-corrected chi connectivity index (χ0v) is 12.4. The van der Waals surface area contributed by atoms with Crippen molar-refractivity contribution in [3.8, 4) is 0 Å². The maximum atomic E-state index is 12.0. The third-order valence-corrected chi connectivity index (χ3v) is 3.67. The van der Waals surface area contributed by atoms with E-state index < -0.39 is 0 Å². The quantitative estimate of drug-likeness (QED) is 0.634. The SMILES string of the molecule is Nc1ccc(C(=O)Nc2ncnc(Cl)c2Cl)cc1Br. The molecule has 0 radical (unpaired) electrons. The Labute approximate surface area is 127 Å². The third-order valence-electron chi connectivity index (χ3n) is 2.24. The van der Waals surface area contributed by atoms with Gasteiger partial charge in [-0.25, -0.2) is 9.97 Å². The first-order valence-corrected chi connectivity index (χ1v) is 6.56. The van der Waals surface area contributed by atoms with E-state index in [1.807, 2.05) is 0 Å². The summed E-state index contributed by atoms with van der Waals surface area (Å²) in [6.07, 6.45) is 1.21. The molecule has 1 heterocycles. The van der Waals surface area contributed by atoms with Crippen molar-refractivity contribution in [1.82, 2.24) is 9.97 Å². The molecular formula is C11H7BrCl2N4O. The Bertz CT molecular complexity index is 651. The van der Waals surface area contributed by atoms with Crippen molar-refractivity contribution in [2.24, 2.45) is 0 Å². The number of carbonyl (C=O) groups is 1. The predicted molar refractivity (Wildman–Crippen MR) is 78.6 cm³/mol. The molecule has 0 atom stereocenters. The van der Waals surface area contributed by atoms with Gasteiger partial charge in [-0.3, -0.25) is 4.79 Å². The van der Waals surface area contributed by atoms with Gasteiger partial charge in [0.1, 0.15) is 11.3 Å². The molecule has 1 aromatic carbocycles. The van der Waals surface area contributed by atoms with Gasteiger partial charge in [-0.1, -0.05) is 23.2 Å². The molecule has 1 amide bonds. The van der Waals surface area contributed by atoms with E-state index in [0.717, 1.165) is 0 Å². The van der Waals surface area contributed by atoms with Crippen LogP contribution >= 0.6 is 39.1 Å². The summed E-state index contributed by atoms with van der Waals surface area (Å²) in [7, 11) is 0. The zero-order valence-electron chi connectivity index (χ0n) is 9.32. The van der Waals surface area contributed by atoms with E-state index in [4.69, 9.17) is 28.9 Å². The molecular weight excluding hydrogens is 355 g/mol. The molecule has 0 saturated carbocycles. The van der Waals surface area contributed by atoms with Gasteiger partial charge in [-0.15, -0.1) is 0 Å². The highest BCUT2D eigenvalue weighted by molar-refractivity contribution is 9.10. The Morgan fingerprint density at radius 2 is 2.05 bits per heavy atom. The predicted octanol–water partition coefficient (Wildman–Crippen LogP) is 3.38. The zero-order chi connectivity index (χ0) is 14.0. The first kappa shape index (κ1) is 14.0. The minimum Gasteiger partial charge on any atom is -0.398 e. The molecule has 19 heavy (non-hydrogen) atoms. The molecule has 2 aromatic rings. The lowest BCUT2D eigenvalue weighted by Crippen LogP contribution is -2.13. The molecule has 98 valence electrons. The summed E-state index contributed by atoms with van der Waals surface area (Å²) in [6.45, 7) is 0. The summed E-state index contributed by atoms with van der Waals surface area (Å²) >= 11 is 14.9. The van der Waals surface area contributed by atoms with Crippen molar-refractivity contribution in [1.29, 1.82) is 0 Å². The number of nitrogens with zero attached hydrogens (tertiary/aromatic N) is 2. The van der Waals surface area contributed by atoms with Crippen molar-refractivity contribution in [2.45, 2.75) is 0 Å². The number of aromatic nitrogens is 2. The fourth-order valence-electron chi connectivity index (χ4n) is 1.28. The monoisotopic (exact) mass is 360 g/mol. The lowest BCUT2D eigenvalue weighted by Gasteiger charge is -2.07. The van der Waals surface area contributed by atoms with Crippen LogP contribution in [0.4, 0.5) is 11.5 Å². The average molecular weight is 362 g/mol. The highest BCUT2D eigenvalue weighted by Crippen LogP contribution is 2.26. The Morgan fingerprint density at radius 3 is 2.74 bits per heavy atom. The smallest absolute Gasteiger partial charge is 0.256 e. The van der Waals surface area contributed by atoms with E-state index in [1.54, 1.807) is 18.2 Å². The number of rotatable bonds is 2. The van der Waals surface area contributed by atoms with Gasteiger partial charge in [0.2, 0.25) is 0 Å². The van der Waals surface area contributed by atoms with Crippen molar-refractivity contribution in [3.05, 3.63) is 44.7 Å². The van der Waals surface area contributed by atoms with E-state index in [-0.39, 0.29) is 21.9 Å². The van der Waals surface area contributed by atoms with E-state index in [2.05, 4.69) is 31.2 Å². The molecule has 8 heteroatoms. The fraction of sp³-hybridized carbons (Fsp3) is 0. The van der Waals surface area contributed by atoms with Gasteiger partial charge >= 0.3 is 0 Å². The lowest BCUT2D eigenvalue weighted by molar-refractivity contribution is 0.102. The van der Waals surface area contributed by atoms with E-state index in [0.29, 0.717) is 15.7 Å². The average Bonchev–Trinajstić information content (AvgIpc) is 2.38. The molecule has 5 nitrogen and oxygen atoms in total. The Balaban J connectivity index is 2.26. The standard InChI is InChI=1S/C11H7BrCl2N4O/c12-6-3-5(1-2-7(6)15)11(19)18-10-8(13)9(14)16-4-17-10/h1-4H,15H2,(H,16,17,18,19). The number of benzene rings is 1. The summed E-state index contributed by atoms with van der Waals surface area (Å²) < 4.78 is 0.631. The van der Waals surface area contributed by atoms with Crippen molar-refractivity contribution in [3.63, 3.8) is 0 Å². The molecule has 0 bridgehead atoms. The molecule has 3 N–H and O–H groups in total. The van der Waals surface area contributed by atoms with Gasteiger partial charge < -0.3 is 11.1 Å². The summed E-state index contributed by atoms with van der Waals surface area (Å²) in [4.78, 5) is 19.5. The number of hydrogen-bond donors (Lipinski definition) is 2. The summed E-state index contributed by atoms with van der Waals surface area (Å²) in [5.41, 5.74) is 6.60. The van der Waals surface area contributed by atoms with Crippen LogP contribution in [0.1, 0.15) is 10.4 Å². The maximum Gasteiger partial charge on any atom is 0.256 e. The van der Waals surface area contributed by atoms with Crippen LogP contribution in [0.2, 0.25) is 10.2 Å². The second kappa shape index (κ2) is 5.73. The van der Waals surface area contributed by atoms with Gasteiger partial charge in [-0.2, -0.15) is 0 Å². The normalized spacial score (nSPS) is 10.3. The number of carbonyl (C=O) groups excluding carboxylic acids is 1. The van der Waals surface area contributed by atoms with Crippen LogP contribution in [0.3, 0.4) is 0 Å². The molecule has 0 fully saturated rings. The van der Waals surface area contributed by atoms with E-state index in [9.17, 15) is 4.79 Å². The molecule has 0 aliphatic carbocycles. The Hall–Kier alpha value is -1.37. The summed E-state index contributed by atoms with van der Waals surface area (Å²) in [6, 6.07) is 4.81. The number of nitrogens with one attached hydrogen (secondary N) is 1. The summed E-state index contributed by atoms with van der Waals surface area (Å²) in [5.74, 6) is -0.225. The first-order valence-electron chi connectivity index (χ1n) is 5.01. The molecule has 0 unspecified atom stereocenters. The van der Waals surface area contributed by atoms with E-state index >= 15 is 0 Å². The highest BCUT2D eigenvalue weighted by Gasteiger charge is 2.13. The van der Waals surface area contributed by atoms with Crippen LogP contribution < -0.4 is 11.1 Å². The Kier molecular flexibility index (Phi) is 4.24. The number of anilines is 2. The second-order valence-corrected chi connectivity index (χ2v) is 5.11. The number of nitrogen functional groups attached to an aromatic ring is 1. The molecule has 0 saturated heterocycles. The van der Waals surface area contributed by atoms with Crippen LogP contribution in [0.5, 0.6) is 0 Å². The number of nitrogens with two attached hydrogens (primary N) is 1. The number of halogens is 3. The number of hydrogen-bond acceptors (Lipinski definition) is 4. The van der Waals surface area contributed by atoms with Crippen LogP contribution in [-0.2, 0) is 0 Å². The minimum absolute atomic E-state index is 0.0745. The van der Waals surface area contributed by atoms with Gasteiger partial charge in [0.05, 0.1) is 0 Å². The topological polar surface area (TPSA) is 80.9 Å². The first-order chi connectivity index (χ1) is 8.99. The van der Waals surface area contributed by atoms with Crippen molar-refractivity contribution in [2.75, 3.05) is 11.1 Å². The minimum atomic E-state index is -0.377. The molecule has 1 aromatic heterocycles. The maximum absolute atomic E-state index is 12.0. The fourth-order valence-corrected chi connectivity index (χ4v) is 1.94. The summed E-state index contributed by atoms with van der Waals surface area (Å²) in [5, 5.41) is 2.71. The van der Waals surface area contributed by atoms with E-state index in [1.165, 1.54) is 6.33 Å². The molecule has 0 aliphatic rings. The van der Waals surface area contributed by atoms with Gasteiger partial charge in [-0.05, 0) is 34.1 Å². The molecule has 0 spiro atoms. The highest BCUT2D eigenvalue weighted by atomic mass is 79.9. The molecule has 2 rings (SSSR count). The van der Waals surface area contributed by atoms with Gasteiger partial charge in [0, 0.05) is 15.7 Å². The van der Waals surface area contributed by atoms with Crippen molar-refractivity contribution < 1.29 is 4.79 Å². The van der Waals surface area contributed by atoms with Gasteiger partial charge in [0.25, 0.3) is 5.91 Å². The van der Waals surface area contributed by atoms with Crippen LogP contribution in [0.25, 0.3) is 0 Å². The van der Waals surface area contributed by atoms with Crippen molar-refractivity contribution >= 4 is 56.5 Å². The number of amides is 1. The van der Waals surface area contributed by atoms with Crippen LogP contribution in [-0.4, -0.2) is 15.9 Å². The van der Waals surface area contributed by atoms with Crippen LogP contribution in [0, 0.1) is 0 Å². The Morgan fingerprint density at radius 1 is 1.32 bits per heavy atom. The van der Waals surface area contributed by atoms with Crippen LogP contribution in [0.15, 0.2) is 29.0 Å². The second-order valence-electron chi connectivity index (χ2n) is 3.52. The third kappa shape index (κ3) is 3.15. The van der Waals surface area contributed by atoms with Gasteiger partial charge in [0.15, 0.2) is 11.0 Å². The lowest BCUT2D eigenvalue weighted by atomic mass is 10.2.